The maximum Gasteiger partial charge on any atom is 0.344 e. The molecule has 0 amide bonds. The van der Waals surface area contributed by atoms with Crippen LogP contribution in [0.1, 0.15) is 138 Å². The van der Waals surface area contributed by atoms with Crippen molar-refractivity contribution < 1.29 is 82.2 Å². The van der Waals surface area contributed by atoms with Crippen LogP contribution in [0.3, 0.4) is 0 Å². The Balaban J connectivity index is 1.16. The number of cyclic esters (lactones) is 1. The Morgan fingerprint density at radius 2 is 1.63 bits per heavy atom. The Kier molecular flexibility index (Phi) is 22.6. The molecule has 1 saturated carbocycles. The van der Waals surface area contributed by atoms with Crippen LogP contribution in [0.15, 0.2) is 29.2 Å². The molecule has 1 aliphatic carbocycles. The van der Waals surface area contributed by atoms with E-state index >= 15 is 0 Å². The second kappa shape index (κ2) is 27.7. The first-order chi connectivity index (χ1) is 37.9. The van der Waals surface area contributed by atoms with Crippen molar-refractivity contribution in [3.8, 4) is 0 Å². The van der Waals surface area contributed by atoms with Crippen molar-refractivity contribution in [2.75, 3.05) is 66.5 Å². The van der Waals surface area contributed by atoms with Crippen molar-refractivity contribution >= 4 is 40.3 Å². The van der Waals surface area contributed by atoms with Crippen molar-refractivity contribution in [1.29, 1.82) is 0 Å². The molecule has 3 aliphatic heterocycles. The van der Waals surface area contributed by atoms with Gasteiger partial charge in [-0.3, -0.25) is 19.2 Å². The summed E-state index contributed by atoms with van der Waals surface area (Å²) >= 11 is 0. The second-order valence-electron chi connectivity index (χ2n) is 24.4. The number of fused-ring (bicyclic) bond motifs is 1. The molecule has 0 radical (unpaired) electrons. The minimum atomic E-state index is -1.87. The van der Waals surface area contributed by atoms with E-state index < -0.39 is 120 Å². The van der Waals surface area contributed by atoms with Crippen LogP contribution in [-0.4, -0.2) is 210 Å². The van der Waals surface area contributed by atoms with Crippen LogP contribution in [-0.2, 0) is 57.0 Å². The largest absolute Gasteiger partial charge is 0.459 e. The van der Waals surface area contributed by atoms with Gasteiger partial charge in [0.05, 0.1) is 61.1 Å². The number of hydrogen-bond donors (Lipinski definition) is 5. The minimum absolute atomic E-state index is 0.0154. The fourth-order valence-electron chi connectivity index (χ4n) is 12.2. The zero-order valence-electron chi connectivity index (χ0n) is 50.4. The summed E-state index contributed by atoms with van der Waals surface area (Å²) in [5.74, 6) is -4.69. The Morgan fingerprint density at radius 1 is 0.938 bits per heavy atom. The van der Waals surface area contributed by atoms with Crippen LogP contribution in [0, 0.1) is 17.8 Å². The number of rotatable bonds is 19. The highest BCUT2D eigenvalue weighted by Gasteiger charge is 2.54. The number of pyridine rings is 1. The number of methoxy groups -OCH3 is 1. The van der Waals surface area contributed by atoms with E-state index in [-0.39, 0.29) is 74.3 Å². The number of likely N-dealkylation sites (N-methyl/N-ethyl adjacent to an activating group) is 2. The van der Waals surface area contributed by atoms with E-state index in [4.69, 9.17) is 42.6 Å². The van der Waals surface area contributed by atoms with Crippen molar-refractivity contribution in [3.63, 3.8) is 0 Å². The van der Waals surface area contributed by atoms with Crippen molar-refractivity contribution in [2.45, 2.75) is 217 Å². The molecule has 458 valence electrons. The number of nitrogens with zero attached hydrogens (tertiary/aromatic N) is 3. The van der Waals surface area contributed by atoms with Crippen LogP contribution in [0.25, 0.3) is 10.9 Å². The highest BCUT2D eigenvalue weighted by molar-refractivity contribution is 5.95. The zero-order chi connectivity index (χ0) is 60.1. The van der Waals surface area contributed by atoms with E-state index in [0.29, 0.717) is 36.1 Å². The summed E-state index contributed by atoms with van der Waals surface area (Å²) in [6, 6.07) is 4.54. The third-order valence-corrected chi connectivity index (χ3v) is 17.0. The number of Topliss-reactive ketones (excluding diaryl/α,β-unsaturated/α-hetero) is 1. The average Bonchev–Trinajstić information content (AvgIpc) is 4.45. The summed E-state index contributed by atoms with van der Waals surface area (Å²) in [5.41, 5.74) is -4.06. The number of ketones is 1. The summed E-state index contributed by atoms with van der Waals surface area (Å²) in [6.45, 7) is 19.2. The molecule has 2 unspecified atom stereocenters. The molecule has 0 spiro atoms. The van der Waals surface area contributed by atoms with Crippen molar-refractivity contribution in [1.82, 2.24) is 14.4 Å². The maximum absolute atomic E-state index is 14.6. The van der Waals surface area contributed by atoms with Crippen LogP contribution >= 0.6 is 0 Å². The highest BCUT2D eigenvalue weighted by Crippen LogP contribution is 2.42. The molecule has 4 aliphatic rings. The number of aliphatic hydroxyl groups excluding tert-OH is 2. The SMILES string of the molecule is CC[C@H]1OC(=O)[C@H](C)[C@@H](OC2C[C@](C)(OC)[C@@H](OC(=O)CCOCCNc3ccc4c(c3)c(=O)c(C(=O)OCC(C)=O)cn4C3CC3)[C@H](C)O2)[C@H](C)[C@@H](OC2O[C@H](C)C[C@H](N(C)C)[C@H]2O)[C@](C)(O)C[C@@H](C)CN(C)[C@H](C)[C@@H](O)[C@]1(C)O. The lowest BCUT2D eigenvalue weighted by atomic mass is 9.77. The summed E-state index contributed by atoms with van der Waals surface area (Å²) in [4.78, 5) is 69.7. The fraction of sp³-hybridized carbons (Fsp3) is 0.780. The Hall–Kier alpha value is -4.17. The van der Waals surface area contributed by atoms with Gasteiger partial charge in [0.25, 0.3) is 0 Å². The lowest BCUT2D eigenvalue weighted by Gasteiger charge is -2.49. The predicted octanol–water partition coefficient (Wildman–Crippen LogP) is 4.37. The van der Waals surface area contributed by atoms with Gasteiger partial charge in [-0.1, -0.05) is 20.8 Å². The Labute approximate surface area is 477 Å². The number of carbonyl (C=O) groups is 4. The van der Waals surface area contributed by atoms with E-state index in [2.05, 4.69) is 5.32 Å². The normalized spacial score (nSPS) is 36.8. The number of benzene rings is 1. The van der Waals surface area contributed by atoms with Gasteiger partial charge in [-0.05, 0) is 133 Å². The standard InChI is InChI=1S/C59H94N4O18/c1-16-45-59(11,72)51(68)37(7)62(14)29-32(2)27-57(9,71)52(81-56-49(67)44(61(12)13)25-34(4)76-56)35(5)50(36(6)54(69)78-45)80-47-28-58(10,73-15)53(38(8)77-47)79-46(65)21-23-74-24-22-60-39-17-20-43-41(26-39)48(66)42(30-63(43)40-18-19-40)55(70)75-31-33(3)64/h17,20,26,30,32,34-38,40,44-45,47,49-53,56,60,67-68,71-72H,16,18-19,21-25,27-29,31H2,1-15H3/t32-,34-,35+,36-,37-,38+,44+,45-,47?,49-,50+,51-,52-,53+,56?,57-,58+,59-/m1/s1. The van der Waals surface area contributed by atoms with Gasteiger partial charge >= 0.3 is 17.9 Å². The lowest BCUT2D eigenvalue weighted by Crippen LogP contribution is -2.61. The highest BCUT2D eigenvalue weighted by atomic mass is 16.7. The maximum atomic E-state index is 14.6. The van der Waals surface area contributed by atoms with Crippen LogP contribution in [0.4, 0.5) is 5.69 Å². The Morgan fingerprint density at radius 3 is 2.26 bits per heavy atom. The third-order valence-electron chi connectivity index (χ3n) is 17.0. The number of aromatic nitrogens is 1. The van der Waals surface area contributed by atoms with Gasteiger partial charge in [0.1, 0.15) is 41.7 Å². The molecule has 3 saturated heterocycles. The molecule has 22 heteroatoms. The summed E-state index contributed by atoms with van der Waals surface area (Å²) in [6.07, 6.45) is -6.08. The van der Waals surface area contributed by atoms with E-state index in [1.54, 1.807) is 54.5 Å². The molecular weight excluding hydrogens is 1050 g/mol. The molecule has 1 aromatic carbocycles. The van der Waals surface area contributed by atoms with Crippen molar-refractivity contribution in [2.24, 2.45) is 17.8 Å². The molecule has 4 fully saturated rings. The number of carbonyl (C=O) groups excluding carboxylic acids is 4. The topological polar surface area (TPSA) is 273 Å². The van der Waals surface area contributed by atoms with Gasteiger partial charge < -0.3 is 82.7 Å². The quantitative estimate of drug-likeness (QED) is 0.0742. The summed E-state index contributed by atoms with van der Waals surface area (Å²) in [5, 5.41) is 51.7. The van der Waals surface area contributed by atoms with Crippen LogP contribution < -0.4 is 10.7 Å². The van der Waals surface area contributed by atoms with Crippen LogP contribution in [0.5, 0.6) is 0 Å². The molecule has 5 N–H and O–H groups in total. The fourth-order valence-corrected chi connectivity index (χ4v) is 12.2. The lowest BCUT2D eigenvalue weighted by molar-refractivity contribution is -0.318. The molecule has 4 heterocycles. The summed E-state index contributed by atoms with van der Waals surface area (Å²) < 4.78 is 57.6. The molecule has 22 nitrogen and oxygen atoms in total. The number of aliphatic hydroxyl groups is 4. The number of anilines is 1. The monoisotopic (exact) mass is 1150 g/mol. The number of nitrogens with one attached hydrogen (secondary N) is 1. The van der Waals surface area contributed by atoms with E-state index in [0.717, 1.165) is 12.8 Å². The number of hydrogen-bond acceptors (Lipinski definition) is 21. The first-order valence-electron chi connectivity index (χ1n) is 28.9. The first-order valence-corrected chi connectivity index (χ1v) is 28.9. The smallest absolute Gasteiger partial charge is 0.344 e. The van der Waals surface area contributed by atoms with Crippen LogP contribution in [0.2, 0.25) is 0 Å². The Bertz CT molecular complexity index is 2520. The van der Waals surface area contributed by atoms with Gasteiger partial charge in [0.2, 0.25) is 5.43 Å². The first kappa shape index (κ1) is 66.0. The molecule has 0 bridgehead atoms. The average molecular weight is 1150 g/mol. The van der Waals surface area contributed by atoms with Crippen molar-refractivity contribution in [3.05, 3.63) is 40.2 Å². The minimum Gasteiger partial charge on any atom is -0.459 e. The predicted molar refractivity (Wildman–Crippen MR) is 299 cm³/mol. The second-order valence-corrected chi connectivity index (χ2v) is 24.4. The molecule has 1 aromatic heterocycles. The van der Waals surface area contributed by atoms with E-state index in [1.807, 2.05) is 61.5 Å². The van der Waals surface area contributed by atoms with Gasteiger partial charge in [0.15, 0.2) is 24.5 Å². The number of ether oxygens (including phenoxy) is 9. The van der Waals surface area contributed by atoms with Gasteiger partial charge in [-0.25, -0.2) is 4.79 Å². The molecular formula is C59H94N4O18. The number of esters is 3. The van der Waals surface area contributed by atoms with Gasteiger partial charge in [-0.2, -0.15) is 0 Å². The van der Waals surface area contributed by atoms with E-state index in [9.17, 15) is 44.4 Å². The third kappa shape index (κ3) is 16.0. The van der Waals surface area contributed by atoms with E-state index in [1.165, 1.54) is 27.2 Å². The zero-order valence-corrected chi connectivity index (χ0v) is 50.4. The molecule has 2 aromatic rings. The molecule has 6 rings (SSSR count). The van der Waals surface area contributed by atoms with Gasteiger partial charge in [0, 0.05) is 67.9 Å². The summed E-state index contributed by atoms with van der Waals surface area (Å²) in [7, 11) is 7.05. The van der Waals surface area contributed by atoms with Gasteiger partial charge in [-0.15, -0.1) is 0 Å². The molecule has 81 heavy (non-hydrogen) atoms. The molecule has 18 atom stereocenters.